The number of anilines is 1. The number of benzene rings is 1. The van der Waals surface area contributed by atoms with E-state index in [1.807, 2.05) is 0 Å². The summed E-state index contributed by atoms with van der Waals surface area (Å²) in [5.41, 5.74) is 0.683. The number of amides is 2. The first-order chi connectivity index (χ1) is 9.60. The van der Waals surface area contributed by atoms with Crippen LogP contribution in [-0.4, -0.2) is 30.9 Å². The molecular weight excluding hydrogens is 324 g/mol. The van der Waals surface area contributed by atoms with Crippen LogP contribution >= 0.6 is 15.9 Å². The molecule has 5 nitrogen and oxygen atoms in total. The van der Waals surface area contributed by atoms with Gasteiger partial charge in [0, 0.05) is 18.2 Å². The maximum atomic E-state index is 11.8. The lowest BCUT2D eigenvalue weighted by Gasteiger charge is -2.15. The molecule has 0 radical (unpaired) electrons. The lowest BCUT2D eigenvalue weighted by molar-refractivity contribution is 0.133. The third-order valence-corrected chi connectivity index (χ3v) is 4.17. The van der Waals surface area contributed by atoms with Crippen molar-refractivity contribution in [3.8, 4) is 5.75 Å². The number of nitrogens with one attached hydrogen (secondary N) is 2. The maximum absolute atomic E-state index is 11.8. The van der Waals surface area contributed by atoms with Crippen LogP contribution in [0.5, 0.6) is 5.75 Å². The zero-order valence-corrected chi connectivity index (χ0v) is 12.9. The zero-order valence-electron chi connectivity index (χ0n) is 11.4. The van der Waals surface area contributed by atoms with Gasteiger partial charge in [0.05, 0.1) is 17.7 Å². The SMILES string of the molecule is COc1ccc(NC(=O)NC[C@H]2CCC[C@H]2O)cc1Br. The summed E-state index contributed by atoms with van der Waals surface area (Å²) < 4.78 is 5.91. The highest BCUT2D eigenvalue weighted by molar-refractivity contribution is 9.10. The first kappa shape index (κ1) is 15.1. The second-order valence-corrected chi connectivity index (χ2v) is 5.80. The van der Waals surface area contributed by atoms with Gasteiger partial charge in [0.25, 0.3) is 0 Å². The minimum atomic E-state index is -0.287. The Labute approximate surface area is 126 Å². The van der Waals surface area contributed by atoms with Gasteiger partial charge in [-0.25, -0.2) is 4.79 Å². The smallest absolute Gasteiger partial charge is 0.319 e. The van der Waals surface area contributed by atoms with E-state index >= 15 is 0 Å². The van der Waals surface area contributed by atoms with Crippen LogP contribution in [0.3, 0.4) is 0 Å². The van der Waals surface area contributed by atoms with Crippen molar-refractivity contribution in [1.82, 2.24) is 5.32 Å². The Morgan fingerprint density at radius 3 is 2.90 bits per heavy atom. The molecule has 6 heteroatoms. The molecule has 2 amide bonds. The number of aliphatic hydroxyl groups excluding tert-OH is 1. The van der Waals surface area contributed by atoms with Crippen molar-refractivity contribution in [2.24, 2.45) is 5.92 Å². The van der Waals surface area contributed by atoms with Gasteiger partial charge in [0.1, 0.15) is 5.75 Å². The zero-order chi connectivity index (χ0) is 14.5. The summed E-state index contributed by atoms with van der Waals surface area (Å²) in [6.07, 6.45) is 2.54. The van der Waals surface area contributed by atoms with Crippen LogP contribution in [0.25, 0.3) is 0 Å². The van der Waals surface area contributed by atoms with Gasteiger partial charge in [-0.1, -0.05) is 6.42 Å². The molecule has 3 N–H and O–H groups in total. The third-order valence-electron chi connectivity index (χ3n) is 3.55. The number of urea groups is 1. The van der Waals surface area contributed by atoms with Crippen molar-refractivity contribution >= 4 is 27.6 Å². The van der Waals surface area contributed by atoms with E-state index in [-0.39, 0.29) is 18.1 Å². The Kier molecular flexibility index (Phi) is 5.25. The summed E-state index contributed by atoms with van der Waals surface area (Å²) in [7, 11) is 1.59. The molecule has 1 fully saturated rings. The lowest BCUT2D eigenvalue weighted by atomic mass is 10.1. The van der Waals surface area contributed by atoms with Crippen LogP contribution in [-0.2, 0) is 0 Å². The first-order valence-corrected chi connectivity index (χ1v) is 7.46. The molecule has 0 spiro atoms. The van der Waals surface area contributed by atoms with E-state index in [9.17, 15) is 9.90 Å². The topological polar surface area (TPSA) is 70.6 Å². The molecule has 0 unspecified atom stereocenters. The Hall–Kier alpha value is -1.27. The lowest BCUT2D eigenvalue weighted by Crippen LogP contribution is -2.35. The molecule has 2 rings (SSSR count). The quantitative estimate of drug-likeness (QED) is 0.787. The Bertz CT molecular complexity index is 481. The average Bonchev–Trinajstić information content (AvgIpc) is 2.82. The standard InChI is InChI=1S/C14H19BrN2O3/c1-20-13-6-5-10(7-11(13)15)17-14(19)16-8-9-3-2-4-12(9)18/h5-7,9,12,18H,2-4,8H2,1H3,(H2,16,17,19)/t9-,12-/m1/s1. The van der Waals surface area contributed by atoms with E-state index in [1.165, 1.54) is 0 Å². The summed E-state index contributed by atoms with van der Waals surface area (Å²) in [6.45, 7) is 0.504. The first-order valence-electron chi connectivity index (χ1n) is 6.66. The third kappa shape index (κ3) is 3.86. The average molecular weight is 343 g/mol. The molecule has 0 saturated heterocycles. The van der Waals surface area contributed by atoms with E-state index < -0.39 is 0 Å². The molecule has 1 saturated carbocycles. The van der Waals surface area contributed by atoms with Crippen LogP contribution in [0.2, 0.25) is 0 Å². The van der Waals surface area contributed by atoms with Gasteiger partial charge < -0.3 is 20.5 Å². The summed E-state index contributed by atoms with van der Waals surface area (Å²) in [4.78, 5) is 11.8. The number of hydrogen-bond donors (Lipinski definition) is 3. The highest BCUT2D eigenvalue weighted by Crippen LogP contribution is 2.28. The molecule has 110 valence electrons. The molecule has 1 aromatic rings. The number of ether oxygens (including phenoxy) is 1. The fraction of sp³-hybridized carbons (Fsp3) is 0.500. The summed E-state index contributed by atoms with van der Waals surface area (Å²) in [5.74, 6) is 0.883. The normalized spacial score (nSPS) is 21.6. The predicted molar refractivity (Wildman–Crippen MR) is 81.1 cm³/mol. The van der Waals surface area contributed by atoms with E-state index in [0.717, 1.165) is 23.7 Å². The molecule has 1 aliphatic carbocycles. The predicted octanol–water partition coefficient (Wildman–Crippen LogP) is 2.74. The van der Waals surface area contributed by atoms with Gasteiger partial charge in [0.15, 0.2) is 0 Å². The van der Waals surface area contributed by atoms with Crippen LogP contribution in [0.4, 0.5) is 10.5 Å². The van der Waals surface area contributed by atoms with E-state index in [4.69, 9.17) is 4.74 Å². The van der Waals surface area contributed by atoms with Crippen LogP contribution in [0.15, 0.2) is 22.7 Å². The molecule has 0 heterocycles. The monoisotopic (exact) mass is 342 g/mol. The molecule has 1 aliphatic rings. The van der Waals surface area contributed by atoms with Crippen molar-refractivity contribution in [2.45, 2.75) is 25.4 Å². The highest BCUT2D eigenvalue weighted by atomic mass is 79.9. The molecular formula is C14H19BrN2O3. The van der Waals surface area contributed by atoms with Gasteiger partial charge in [0.2, 0.25) is 0 Å². The molecule has 0 bridgehead atoms. The van der Waals surface area contributed by atoms with Gasteiger partial charge >= 0.3 is 6.03 Å². The largest absolute Gasteiger partial charge is 0.496 e. The number of hydrogen-bond acceptors (Lipinski definition) is 3. The summed E-state index contributed by atoms with van der Waals surface area (Å²) in [6, 6.07) is 5.07. The van der Waals surface area contributed by atoms with Gasteiger partial charge in [-0.3, -0.25) is 0 Å². The highest BCUT2D eigenvalue weighted by Gasteiger charge is 2.25. The van der Waals surface area contributed by atoms with E-state index in [2.05, 4.69) is 26.6 Å². The number of methoxy groups -OCH3 is 1. The second kappa shape index (κ2) is 6.95. The van der Waals surface area contributed by atoms with E-state index in [0.29, 0.717) is 18.0 Å². The number of rotatable bonds is 4. The fourth-order valence-electron chi connectivity index (χ4n) is 2.40. The van der Waals surface area contributed by atoms with Gasteiger partial charge in [-0.15, -0.1) is 0 Å². The van der Waals surface area contributed by atoms with Crippen molar-refractivity contribution in [1.29, 1.82) is 0 Å². The van der Waals surface area contributed by atoms with E-state index in [1.54, 1.807) is 25.3 Å². The molecule has 0 aromatic heterocycles. The number of aliphatic hydroxyl groups is 1. The molecule has 1 aromatic carbocycles. The van der Waals surface area contributed by atoms with Crippen molar-refractivity contribution in [3.05, 3.63) is 22.7 Å². The molecule has 20 heavy (non-hydrogen) atoms. The Morgan fingerprint density at radius 2 is 2.30 bits per heavy atom. The number of carbonyl (C=O) groups is 1. The van der Waals surface area contributed by atoms with Crippen LogP contribution < -0.4 is 15.4 Å². The Balaban J connectivity index is 1.83. The number of carbonyl (C=O) groups excluding carboxylic acids is 1. The van der Waals surface area contributed by atoms with Crippen molar-refractivity contribution in [3.63, 3.8) is 0 Å². The molecule has 2 atom stereocenters. The Morgan fingerprint density at radius 1 is 1.50 bits per heavy atom. The minimum Gasteiger partial charge on any atom is -0.496 e. The van der Waals surface area contributed by atoms with Crippen molar-refractivity contribution < 1.29 is 14.6 Å². The van der Waals surface area contributed by atoms with Crippen molar-refractivity contribution in [2.75, 3.05) is 19.0 Å². The maximum Gasteiger partial charge on any atom is 0.319 e. The summed E-state index contributed by atoms with van der Waals surface area (Å²) >= 11 is 3.37. The number of halogens is 1. The van der Waals surface area contributed by atoms with Gasteiger partial charge in [-0.05, 0) is 47.0 Å². The molecule has 0 aliphatic heterocycles. The fourth-order valence-corrected chi connectivity index (χ4v) is 2.94. The second-order valence-electron chi connectivity index (χ2n) is 4.94. The van der Waals surface area contributed by atoms with Crippen LogP contribution in [0.1, 0.15) is 19.3 Å². The minimum absolute atomic E-state index is 0.170. The van der Waals surface area contributed by atoms with Crippen LogP contribution in [0, 0.1) is 5.92 Å². The summed E-state index contributed by atoms with van der Waals surface area (Å²) in [5, 5.41) is 15.2. The van der Waals surface area contributed by atoms with Gasteiger partial charge in [-0.2, -0.15) is 0 Å².